The Morgan fingerprint density at radius 2 is 1.79 bits per heavy atom. The second-order valence-corrected chi connectivity index (χ2v) is 7.94. The van der Waals surface area contributed by atoms with E-state index < -0.39 is 10.0 Å². The molecular formula is C17H19BrN2O3S. The highest BCUT2D eigenvalue weighted by Crippen LogP contribution is 2.21. The number of anilines is 1. The topological polar surface area (TPSA) is 75.3 Å². The van der Waals surface area contributed by atoms with Crippen LogP contribution in [-0.4, -0.2) is 20.9 Å². The number of aryl methyl sites for hydroxylation is 1. The van der Waals surface area contributed by atoms with Gasteiger partial charge < -0.3 is 5.32 Å². The fraction of sp³-hybridized carbons (Fsp3) is 0.235. The molecule has 2 aromatic rings. The molecule has 128 valence electrons. The summed E-state index contributed by atoms with van der Waals surface area (Å²) in [4.78, 5) is 12.2. The number of carbonyl (C=O) groups is 1. The second-order valence-electron chi connectivity index (χ2n) is 5.35. The molecule has 0 spiro atoms. The van der Waals surface area contributed by atoms with E-state index in [0.717, 1.165) is 16.5 Å². The molecule has 0 unspecified atom stereocenters. The van der Waals surface area contributed by atoms with Crippen LogP contribution in [0.5, 0.6) is 0 Å². The minimum Gasteiger partial charge on any atom is -0.352 e. The Bertz CT molecular complexity index is 833. The van der Waals surface area contributed by atoms with Crippen molar-refractivity contribution in [1.82, 2.24) is 5.32 Å². The maximum Gasteiger partial charge on any atom is 0.261 e. The Morgan fingerprint density at radius 1 is 1.12 bits per heavy atom. The molecule has 1 amide bonds. The molecule has 7 heteroatoms. The molecule has 0 heterocycles. The van der Waals surface area contributed by atoms with Gasteiger partial charge in [-0.1, -0.05) is 28.9 Å². The molecule has 2 rings (SSSR count). The fourth-order valence-corrected chi connectivity index (χ4v) is 3.43. The molecule has 0 aliphatic heterocycles. The third-order valence-corrected chi connectivity index (χ3v) is 5.30. The number of halogens is 1. The van der Waals surface area contributed by atoms with Gasteiger partial charge in [-0.05, 0) is 55.3 Å². The number of carbonyl (C=O) groups excluding carboxylic acids is 1. The molecule has 0 bridgehead atoms. The molecule has 24 heavy (non-hydrogen) atoms. The highest BCUT2D eigenvalue weighted by atomic mass is 79.9. The van der Waals surface area contributed by atoms with E-state index in [2.05, 4.69) is 26.0 Å². The van der Waals surface area contributed by atoms with Gasteiger partial charge in [0.2, 0.25) is 0 Å². The summed E-state index contributed by atoms with van der Waals surface area (Å²) in [5, 5.41) is 2.76. The largest absolute Gasteiger partial charge is 0.352 e. The summed E-state index contributed by atoms with van der Waals surface area (Å²) in [7, 11) is -3.76. The van der Waals surface area contributed by atoms with Crippen LogP contribution in [0, 0.1) is 6.92 Å². The van der Waals surface area contributed by atoms with E-state index in [1.54, 1.807) is 37.3 Å². The van der Waals surface area contributed by atoms with Crippen LogP contribution < -0.4 is 10.0 Å². The molecule has 0 aliphatic carbocycles. The van der Waals surface area contributed by atoms with E-state index in [1.165, 1.54) is 12.1 Å². The summed E-state index contributed by atoms with van der Waals surface area (Å²) >= 11 is 3.30. The maximum atomic E-state index is 12.5. The quantitative estimate of drug-likeness (QED) is 0.761. The van der Waals surface area contributed by atoms with E-state index in [4.69, 9.17) is 0 Å². The summed E-state index contributed by atoms with van der Waals surface area (Å²) in [6, 6.07) is 11.3. The molecule has 5 nitrogen and oxygen atoms in total. The first-order valence-corrected chi connectivity index (χ1v) is 9.78. The number of rotatable bonds is 6. The van der Waals surface area contributed by atoms with Gasteiger partial charge in [0.05, 0.1) is 4.90 Å². The zero-order chi connectivity index (χ0) is 17.7. The number of sulfonamides is 1. The van der Waals surface area contributed by atoms with Crippen LogP contribution in [0.2, 0.25) is 0 Å². The summed E-state index contributed by atoms with van der Waals surface area (Å²) in [6.07, 6.45) is 0.813. The van der Waals surface area contributed by atoms with Crippen LogP contribution in [0.25, 0.3) is 0 Å². The molecule has 0 atom stereocenters. The van der Waals surface area contributed by atoms with E-state index in [1.807, 2.05) is 6.92 Å². The third kappa shape index (κ3) is 4.58. The van der Waals surface area contributed by atoms with E-state index in [-0.39, 0.29) is 10.8 Å². The number of benzene rings is 2. The number of nitrogens with one attached hydrogen (secondary N) is 2. The van der Waals surface area contributed by atoms with Gasteiger partial charge in [0.15, 0.2) is 0 Å². The van der Waals surface area contributed by atoms with Crippen LogP contribution >= 0.6 is 15.9 Å². The normalized spacial score (nSPS) is 11.1. The summed E-state index contributed by atoms with van der Waals surface area (Å²) < 4.78 is 28.4. The van der Waals surface area contributed by atoms with Crippen molar-refractivity contribution in [3.63, 3.8) is 0 Å². The zero-order valence-electron chi connectivity index (χ0n) is 13.5. The number of hydrogen-bond acceptors (Lipinski definition) is 3. The van der Waals surface area contributed by atoms with Crippen LogP contribution in [0.4, 0.5) is 5.69 Å². The van der Waals surface area contributed by atoms with Crippen molar-refractivity contribution in [3.05, 3.63) is 58.1 Å². The summed E-state index contributed by atoms with van der Waals surface area (Å²) in [5.41, 5.74) is 1.55. The second kappa shape index (κ2) is 7.81. The van der Waals surface area contributed by atoms with Crippen molar-refractivity contribution in [1.29, 1.82) is 0 Å². The van der Waals surface area contributed by atoms with Gasteiger partial charge in [0, 0.05) is 22.3 Å². The SMILES string of the molecule is CCCNC(=O)c1cc(S(=O)(=O)Nc2ccc(Br)cc2)ccc1C. The Hall–Kier alpha value is -1.86. The van der Waals surface area contributed by atoms with Crippen LogP contribution in [0.3, 0.4) is 0 Å². The molecule has 0 radical (unpaired) electrons. The van der Waals surface area contributed by atoms with Gasteiger partial charge in [0.1, 0.15) is 0 Å². The minimum atomic E-state index is -3.76. The predicted octanol–water partition coefficient (Wildman–Crippen LogP) is 3.70. The fourth-order valence-electron chi connectivity index (χ4n) is 2.08. The lowest BCUT2D eigenvalue weighted by Crippen LogP contribution is -2.25. The molecule has 2 aromatic carbocycles. The molecule has 0 saturated heterocycles. The van der Waals surface area contributed by atoms with Crippen LogP contribution in [-0.2, 0) is 10.0 Å². The van der Waals surface area contributed by atoms with Crippen molar-refractivity contribution < 1.29 is 13.2 Å². The molecular weight excluding hydrogens is 392 g/mol. The zero-order valence-corrected chi connectivity index (χ0v) is 15.9. The lowest BCUT2D eigenvalue weighted by atomic mass is 10.1. The van der Waals surface area contributed by atoms with E-state index in [0.29, 0.717) is 17.8 Å². The Balaban J connectivity index is 2.30. The van der Waals surface area contributed by atoms with Gasteiger partial charge >= 0.3 is 0 Å². The first kappa shape index (κ1) is 18.5. The van der Waals surface area contributed by atoms with E-state index >= 15 is 0 Å². The average molecular weight is 411 g/mol. The summed E-state index contributed by atoms with van der Waals surface area (Å²) in [5.74, 6) is -0.268. The smallest absolute Gasteiger partial charge is 0.261 e. The Kier molecular flexibility index (Phi) is 6.01. The van der Waals surface area contributed by atoms with Crippen molar-refractivity contribution in [2.45, 2.75) is 25.2 Å². The van der Waals surface area contributed by atoms with Gasteiger partial charge in [-0.3, -0.25) is 9.52 Å². The molecule has 0 aliphatic rings. The molecule has 0 aromatic heterocycles. The van der Waals surface area contributed by atoms with Gasteiger partial charge in [-0.2, -0.15) is 0 Å². The monoisotopic (exact) mass is 410 g/mol. The Labute approximate surface area is 150 Å². The lowest BCUT2D eigenvalue weighted by molar-refractivity contribution is 0.0953. The van der Waals surface area contributed by atoms with Gasteiger partial charge in [0.25, 0.3) is 15.9 Å². The number of amides is 1. The lowest BCUT2D eigenvalue weighted by Gasteiger charge is -2.11. The van der Waals surface area contributed by atoms with E-state index in [9.17, 15) is 13.2 Å². The minimum absolute atomic E-state index is 0.0534. The van der Waals surface area contributed by atoms with Crippen molar-refractivity contribution in [2.24, 2.45) is 0 Å². The molecule has 0 saturated carbocycles. The van der Waals surface area contributed by atoms with Gasteiger partial charge in [-0.15, -0.1) is 0 Å². The average Bonchev–Trinajstić information content (AvgIpc) is 2.54. The standard InChI is InChI=1S/C17H19BrN2O3S/c1-3-10-19-17(21)16-11-15(9-4-12(16)2)24(22,23)20-14-7-5-13(18)6-8-14/h4-9,11,20H,3,10H2,1-2H3,(H,19,21). The van der Waals surface area contributed by atoms with Gasteiger partial charge in [-0.25, -0.2) is 8.42 Å². The third-order valence-electron chi connectivity index (χ3n) is 3.40. The molecule has 0 fully saturated rings. The Morgan fingerprint density at radius 3 is 2.42 bits per heavy atom. The van der Waals surface area contributed by atoms with Crippen molar-refractivity contribution in [3.8, 4) is 0 Å². The van der Waals surface area contributed by atoms with Crippen LogP contribution in [0.15, 0.2) is 51.8 Å². The van der Waals surface area contributed by atoms with Crippen LogP contribution in [0.1, 0.15) is 29.3 Å². The highest BCUT2D eigenvalue weighted by molar-refractivity contribution is 9.10. The van der Waals surface area contributed by atoms with Crippen molar-refractivity contribution in [2.75, 3.05) is 11.3 Å². The predicted molar refractivity (Wildman–Crippen MR) is 98.8 cm³/mol. The highest BCUT2D eigenvalue weighted by Gasteiger charge is 2.18. The maximum absolute atomic E-state index is 12.5. The first-order chi connectivity index (χ1) is 11.3. The molecule has 2 N–H and O–H groups in total. The first-order valence-electron chi connectivity index (χ1n) is 7.50. The van der Waals surface area contributed by atoms with Crippen molar-refractivity contribution >= 4 is 37.5 Å². The number of hydrogen-bond donors (Lipinski definition) is 2. The summed E-state index contributed by atoms with van der Waals surface area (Å²) in [6.45, 7) is 4.28.